The third-order valence-electron chi connectivity index (χ3n) is 2.01. The Morgan fingerprint density at radius 1 is 0.733 bits per heavy atom. The van der Waals surface area contributed by atoms with Crippen molar-refractivity contribution >= 4 is 25.5 Å². The molecular formula is C14H12Se. The molecule has 0 heterocycles. The van der Waals surface area contributed by atoms with Crippen molar-refractivity contribution in [2.45, 2.75) is 0 Å². The number of hydrogen-bond acceptors (Lipinski definition) is 0. The van der Waals surface area contributed by atoms with Gasteiger partial charge in [0, 0.05) is 0 Å². The van der Waals surface area contributed by atoms with E-state index < -0.39 is 0 Å². The number of benzene rings is 2. The molecule has 0 saturated heterocycles. The van der Waals surface area contributed by atoms with Crippen molar-refractivity contribution in [1.29, 1.82) is 0 Å². The summed E-state index contributed by atoms with van der Waals surface area (Å²) < 4.78 is 1.41. The zero-order valence-corrected chi connectivity index (χ0v) is 10.0. The van der Waals surface area contributed by atoms with Gasteiger partial charge in [-0.25, -0.2) is 0 Å². The summed E-state index contributed by atoms with van der Waals surface area (Å²) in [5, 5.41) is 0. The van der Waals surface area contributed by atoms with E-state index in [-0.39, 0.29) is 0 Å². The molecular weight excluding hydrogens is 247 g/mol. The summed E-state index contributed by atoms with van der Waals surface area (Å²) >= 11 is 0.442. The molecule has 2 aromatic rings. The molecule has 0 unspecified atom stereocenters. The summed E-state index contributed by atoms with van der Waals surface area (Å²) in [5.41, 5.74) is 1.27. The van der Waals surface area contributed by atoms with Crippen molar-refractivity contribution in [1.82, 2.24) is 0 Å². The van der Waals surface area contributed by atoms with E-state index >= 15 is 0 Å². The number of hydrogen-bond donors (Lipinski definition) is 0. The summed E-state index contributed by atoms with van der Waals surface area (Å²) in [7, 11) is 0. The third kappa shape index (κ3) is 3.39. The van der Waals surface area contributed by atoms with Gasteiger partial charge in [-0.2, -0.15) is 0 Å². The normalized spacial score (nSPS) is 10.7. The Morgan fingerprint density at radius 3 is 2.00 bits per heavy atom. The molecule has 0 aliphatic rings. The Bertz CT molecular complexity index is 418. The van der Waals surface area contributed by atoms with Gasteiger partial charge in [0.05, 0.1) is 0 Å². The van der Waals surface area contributed by atoms with E-state index in [9.17, 15) is 0 Å². The van der Waals surface area contributed by atoms with Gasteiger partial charge in [-0.05, 0) is 0 Å². The van der Waals surface area contributed by atoms with Crippen LogP contribution in [0.3, 0.4) is 0 Å². The fraction of sp³-hybridized carbons (Fsp3) is 0. The molecule has 0 bridgehead atoms. The summed E-state index contributed by atoms with van der Waals surface area (Å²) in [4.78, 5) is 2.26. The molecule has 2 rings (SSSR count). The third-order valence-corrected chi connectivity index (χ3v) is 3.72. The van der Waals surface area contributed by atoms with Crippen LogP contribution in [0.4, 0.5) is 0 Å². The first kappa shape index (κ1) is 10.2. The first-order valence-electron chi connectivity index (χ1n) is 4.88. The minimum absolute atomic E-state index is 0.442. The van der Waals surface area contributed by atoms with E-state index in [1.807, 2.05) is 6.07 Å². The van der Waals surface area contributed by atoms with Crippen LogP contribution in [0.25, 0.3) is 6.08 Å². The second-order valence-corrected chi connectivity index (χ2v) is 5.20. The molecule has 74 valence electrons. The molecule has 0 nitrogen and oxygen atoms in total. The molecule has 15 heavy (non-hydrogen) atoms. The predicted octanol–water partition coefficient (Wildman–Crippen LogP) is 2.69. The standard InChI is InChI=1S/C14H12Se/c1-3-7-13(8-4-1)11-12-15-14-9-5-2-6-10-14/h1-12H/b12-11+. The molecule has 0 fully saturated rings. The fourth-order valence-corrected chi connectivity index (χ4v) is 2.72. The molecule has 0 saturated carbocycles. The van der Waals surface area contributed by atoms with Crippen molar-refractivity contribution in [2.75, 3.05) is 0 Å². The van der Waals surface area contributed by atoms with Gasteiger partial charge < -0.3 is 0 Å². The molecule has 0 spiro atoms. The van der Waals surface area contributed by atoms with Gasteiger partial charge in [0.1, 0.15) is 0 Å². The maximum atomic E-state index is 2.26. The Balaban J connectivity index is 1.97. The van der Waals surface area contributed by atoms with Crippen LogP contribution < -0.4 is 4.46 Å². The van der Waals surface area contributed by atoms with E-state index in [0.29, 0.717) is 15.0 Å². The monoisotopic (exact) mass is 260 g/mol. The van der Waals surface area contributed by atoms with Crippen molar-refractivity contribution in [3.8, 4) is 0 Å². The Labute approximate surface area is 96.8 Å². The quantitative estimate of drug-likeness (QED) is 0.743. The van der Waals surface area contributed by atoms with Crippen molar-refractivity contribution in [3.05, 3.63) is 71.2 Å². The molecule has 0 aliphatic carbocycles. The molecule has 0 aromatic heterocycles. The van der Waals surface area contributed by atoms with E-state index in [1.54, 1.807) is 0 Å². The van der Waals surface area contributed by atoms with Gasteiger partial charge in [-0.15, -0.1) is 0 Å². The topological polar surface area (TPSA) is 0 Å². The fourth-order valence-electron chi connectivity index (χ4n) is 1.25. The van der Waals surface area contributed by atoms with E-state index in [0.717, 1.165) is 0 Å². The first-order chi connectivity index (χ1) is 7.45. The van der Waals surface area contributed by atoms with Gasteiger partial charge in [-0.1, -0.05) is 0 Å². The van der Waals surface area contributed by atoms with Crippen LogP contribution in [0.5, 0.6) is 0 Å². The molecule has 2 aromatic carbocycles. The molecule has 0 atom stereocenters. The van der Waals surface area contributed by atoms with Gasteiger partial charge in [0.25, 0.3) is 0 Å². The van der Waals surface area contributed by atoms with Gasteiger partial charge in [-0.3, -0.25) is 0 Å². The first-order valence-corrected chi connectivity index (χ1v) is 6.73. The molecule has 0 N–H and O–H groups in total. The van der Waals surface area contributed by atoms with Crippen LogP contribution in [0.2, 0.25) is 0 Å². The van der Waals surface area contributed by atoms with E-state index in [2.05, 4.69) is 65.6 Å². The van der Waals surface area contributed by atoms with Crippen LogP contribution >= 0.6 is 0 Å². The van der Waals surface area contributed by atoms with E-state index in [4.69, 9.17) is 0 Å². The van der Waals surface area contributed by atoms with Gasteiger partial charge >= 0.3 is 96.7 Å². The molecule has 0 amide bonds. The van der Waals surface area contributed by atoms with E-state index in [1.165, 1.54) is 10.0 Å². The van der Waals surface area contributed by atoms with Crippen LogP contribution in [-0.2, 0) is 0 Å². The second kappa shape index (κ2) is 5.55. The predicted molar refractivity (Wildman–Crippen MR) is 67.3 cm³/mol. The summed E-state index contributed by atoms with van der Waals surface area (Å²) in [6, 6.07) is 21.0. The number of rotatable bonds is 3. The SMILES string of the molecule is C(=C\c1ccccc1)/[Se]c1ccccc1. The Kier molecular flexibility index (Phi) is 3.78. The van der Waals surface area contributed by atoms with Gasteiger partial charge in [0.2, 0.25) is 0 Å². The Hall–Kier alpha value is -1.30. The Morgan fingerprint density at radius 2 is 1.33 bits per heavy atom. The van der Waals surface area contributed by atoms with Crippen molar-refractivity contribution < 1.29 is 0 Å². The summed E-state index contributed by atoms with van der Waals surface area (Å²) in [5.74, 6) is 0. The zero-order chi connectivity index (χ0) is 10.3. The van der Waals surface area contributed by atoms with Crippen molar-refractivity contribution in [3.63, 3.8) is 0 Å². The van der Waals surface area contributed by atoms with Crippen LogP contribution in [0.1, 0.15) is 5.56 Å². The van der Waals surface area contributed by atoms with Crippen molar-refractivity contribution in [2.24, 2.45) is 0 Å². The summed E-state index contributed by atoms with van der Waals surface area (Å²) in [6.07, 6.45) is 2.19. The van der Waals surface area contributed by atoms with Crippen LogP contribution in [-0.4, -0.2) is 15.0 Å². The summed E-state index contributed by atoms with van der Waals surface area (Å²) in [6.45, 7) is 0. The average Bonchev–Trinajstić information content (AvgIpc) is 2.32. The minimum atomic E-state index is 0.442. The van der Waals surface area contributed by atoms with Gasteiger partial charge in [0.15, 0.2) is 0 Å². The molecule has 0 aliphatic heterocycles. The molecule has 1 heteroatoms. The zero-order valence-electron chi connectivity index (χ0n) is 8.34. The van der Waals surface area contributed by atoms with Crippen LogP contribution in [0.15, 0.2) is 65.6 Å². The second-order valence-electron chi connectivity index (χ2n) is 3.14. The molecule has 0 radical (unpaired) electrons. The average molecular weight is 259 g/mol. The van der Waals surface area contributed by atoms with Crippen LogP contribution in [0, 0.1) is 0 Å². The maximum absolute atomic E-state index is 2.26.